The van der Waals surface area contributed by atoms with Gasteiger partial charge in [-0.25, -0.2) is 0 Å². The summed E-state index contributed by atoms with van der Waals surface area (Å²) in [7, 11) is 0. The molecule has 34 heavy (non-hydrogen) atoms. The van der Waals surface area contributed by atoms with Crippen molar-refractivity contribution in [3.8, 4) is 5.69 Å². The van der Waals surface area contributed by atoms with Crippen molar-refractivity contribution < 1.29 is 4.42 Å². The second-order valence-corrected chi connectivity index (χ2v) is 8.74. The van der Waals surface area contributed by atoms with Crippen LogP contribution in [0.25, 0.3) is 72.4 Å². The van der Waals surface area contributed by atoms with E-state index in [1.54, 1.807) is 0 Å². The predicted octanol–water partition coefficient (Wildman–Crippen LogP) is 9.12. The summed E-state index contributed by atoms with van der Waals surface area (Å²) in [6.45, 7) is 7.93. The van der Waals surface area contributed by atoms with Gasteiger partial charge in [-0.05, 0) is 76.5 Å². The smallest absolute Gasteiger partial charge is 0.136 e. The molecule has 0 aliphatic heterocycles. The number of hydrogen-bond donors (Lipinski definition) is 0. The van der Waals surface area contributed by atoms with E-state index in [0.29, 0.717) is 0 Å². The molecule has 0 atom stereocenters. The third-order valence-corrected chi connectivity index (χ3v) is 6.88. The molecule has 0 aliphatic rings. The van der Waals surface area contributed by atoms with Gasteiger partial charge in [0.25, 0.3) is 0 Å². The summed E-state index contributed by atoms with van der Waals surface area (Å²) in [4.78, 5) is 0. The van der Waals surface area contributed by atoms with Crippen molar-refractivity contribution in [1.82, 2.24) is 4.57 Å². The lowest BCUT2D eigenvalue weighted by molar-refractivity contribution is 0.670. The summed E-state index contributed by atoms with van der Waals surface area (Å²) in [6.07, 6.45) is 3.76. The molecular formula is C32H21NO. The van der Waals surface area contributed by atoms with Crippen LogP contribution >= 0.6 is 0 Å². The Kier molecular flexibility index (Phi) is 3.88. The highest BCUT2D eigenvalue weighted by molar-refractivity contribution is 6.18. The van der Waals surface area contributed by atoms with Crippen molar-refractivity contribution in [3.63, 3.8) is 0 Å². The average molecular weight is 436 g/mol. The van der Waals surface area contributed by atoms with Gasteiger partial charge in [-0.3, -0.25) is 0 Å². The zero-order valence-corrected chi connectivity index (χ0v) is 18.6. The fourth-order valence-corrected chi connectivity index (χ4v) is 5.28. The first-order valence-corrected chi connectivity index (χ1v) is 11.4. The van der Waals surface area contributed by atoms with Gasteiger partial charge < -0.3 is 8.98 Å². The Morgan fingerprint density at radius 1 is 0.559 bits per heavy atom. The molecule has 2 aromatic heterocycles. The number of benzene rings is 5. The van der Waals surface area contributed by atoms with Crippen LogP contribution in [0.4, 0.5) is 0 Å². The van der Waals surface area contributed by atoms with Gasteiger partial charge in [0, 0.05) is 27.2 Å². The van der Waals surface area contributed by atoms with Crippen LogP contribution in [0.2, 0.25) is 0 Å². The topological polar surface area (TPSA) is 18.1 Å². The number of fused-ring (bicyclic) bond motifs is 7. The molecule has 0 amide bonds. The molecule has 0 bridgehead atoms. The maximum atomic E-state index is 6.41. The van der Waals surface area contributed by atoms with E-state index in [9.17, 15) is 0 Å². The first kappa shape index (κ1) is 19.0. The lowest BCUT2D eigenvalue weighted by Gasteiger charge is -2.07. The first-order valence-electron chi connectivity index (χ1n) is 11.4. The van der Waals surface area contributed by atoms with Crippen LogP contribution in [0.3, 0.4) is 0 Å². The highest BCUT2D eigenvalue weighted by Gasteiger charge is 2.16. The van der Waals surface area contributed by atoms with Crippen LogP contribution in [0.15, 0.2) is 109 Å². The third-order valence-electron chi connectivity index (χ3n) is 6.88. The molecule has 0 spiro atoms. The van der Waals surface area contributed by atoms with Crippen LogP contribution in [-0.4, -0.2) is 4.57 Å². The number of hydrogen-bond acceptors (Lipinski definition) is 1. The van der Waals surface area contributed by atoms with Gasteiger partial charge in [0.05, 0.1) is 11.0 Å². The first-order chi connectivity index (χ1) is 16.7. The summed E-state index contributed by atoms with van der Waals surface area (Å²) in [5.41, 5.74) is 7.48. The highest BCUT2D eigenvalue weighted by Crippen LogP contribution is 2.39. The molecule has 0 unspecified atom stereocenters. The number of nitrogens with zero attached hydrogens (tertiary/aromatic N) is 1. The molecule has 0 fully saturated rings. The van der Waals surface area contributed by atoms with Crippen molar-refractivity contribution in [2.45, 2.75) is 0 Å². The quantitative estimate of drug-likeness (QED) is 0.271. The third kappa shape index (κ3) is 2.57. The van der Waals surface area contributed by atoms with E-state index in [-0.39, 0.29) is 0 Å². The van der Waals surface area contributed by atoms with Crippen molar-refractivity contribution in [2.75, 3.05) is 0 Å². The van der Waals surface area contributed by atoms with Crippen LogP contribution < -0.4 is 0 Å². The van der Waals surface area contributed by atoms with Gasteiger partial charge in [0.2, 0.25) is 0 Å². The molecule has 0 saturated carbocycles. The molecular weight excluding hydrogens is 414 g/mol. The average Bonchev–Trinajstić information content (AvgIpc) is 3.39. The monoisotopic (exact) mass is 435 g/mol. The van der Waals surface area contributed by atoms with E-state index in [1.807, 2.05) is 12.2 Å². The van der Waals surface area contributed by atoms with E-state index in [1.165, 1.54) is 27.2 Å². The van der Waals surface area contributed by atoms with Crippen LogP contribution in [0, 0.1) is 0 Å². The SMILES string of the molecule is C=Cc1cc2cc3oc4cc5c6ccccc6n(-c6ccccc6)c5cc4c3cc2cc1C=C. The Hall–Kier alpha value is -4.56. The van der Waals surface area contributed by atoms with Crippen molar-refractivity contribution in [3.05, 3.63) is 115 Å². The van der Waals surface area contributed by atoms with E-state index < -0.39 is 0 Å². The Morgan fingerprint density at radius 2 is 1.21 bits per heavy atom. The van der Waals surface area contributed by atoms with E-state index >= 15 is 0 Å². The van der Waals surface area contributed by atoms with Crippen molar-refractivity contribution in [2.24, 2.45) is 0 Å². The lowest BCUT2D eigenvalue weighted by atomic mass is 9.99. The zero-order valence-electron chi connectivity index (χ0n) is 18.6. The van der Waals surface area contributed by atoms with Crippen LogP contribution in [0.5, 0.6) is 0 Å². The Balaban J connectivity index is 1.61. The minimum atomic E-state index is 0.895. The summed E-state index contributed by atoms with van der Waals surface area (Å²) in [5, 5.41) is 6.96. The minimum absolute atomic E-state index is 0.895. The molecule has 7 rings (SSSR count). The zero-order chi connectivity index (χ0) is 22.8. The number of aromatic nitrogens is 1. The molecule has 5 aromatic carbocycles. The fraction of sp³-hybridized carbons (Fsp3) is 0. The van der Waals surface area contributed by atoms with Gasteiger partial charge in [-0.1, -0.05) is 61.7 Å². The maximum absolute atomic E-state index is 6.41. The van der Waals surface area contributed by atoms with Crippen LogP contribution in [-0.2, 0) is 0 Å². The molecule has 0 radical (unpaired) electrons. The van der Waals surface area contributed by atoms with E-state index in [4.69, 9.17) is 4.42 Å². The van der Waals surface area contributed by atoms with E-state index in [0.717, 1.165) is 44.1 Å². The molecule has 2 nitrogen and oxygen atoms in total. The second kappa shape index (κ2) is 6.97. The number of rotatable bonds is 3. The summed E-state index contributed by atoms with van der Waals surface area (Å²) < 4.78 is 8.75. The molecule has 0 aliphatic carbocycles. The lowest BCUT2D eigenvalue weighted by Crippen LogP contribution is -1.92. The Bertz CT molecular complexity index is 1930. The molecule has 160 valence electrons. The largest absolute Gasteiger partial charge is 0.456 e. The second-order valence-electron chi connectivity index (χ2n) is 8.74. The van der Waals surface area contributed by atoms with Gasteiger partial charge in [-0.15, -0.1) is 0 Å². The summed E-state index contributed by atoms with van der Waals surface area (Å²) in [6, 6.07) is 32.3. The van der Waals surface area contributed by atoms with Crippen LogP contribution in [0.1, 0.15) is 11.1 Å². The van der Waals surface area contributed by atoms with Crippen molar-refractivity contribution in [1.29, 1.82) is 0 Å². The Morgan fingerprint density at radius 3 is 1.97 bits per heavy atom. The van der Waals surface area contributed by atoms with Gasteiger partial charge >= 0.3 is 0 Å². The highest BCUT2D eigenvalue weighted by atomic mass is 16.3. The standard InChI is InChI=1S/C32H21NO/c1-3-20-14-22-16-27-28-18-30-26(19-32(28)34-31(27)17-23(22)15-21(20)4-2)25-12-8-9-13-29(25)33(30)24-10-6-5-7-11-24/h3-19H,1-2H2. The predicted molar refractivity (Wildman–Crippen MR) is 146 cm³/mol. The van der Waals surface area contributed by atoms with Gasteiger partial charge in [0.1, 0.15) is 11.2 Å². The molecule has 0 saturated heterocycles. The van der Waals surface area contributed by atoms with Gasteiger partial charge in [0.15, 0.2) is 0 Å². The summed E-state index contributed by atoms with van der Waals surface area (Å²) in [5.74, 6) is 0. The molecule has 0 N–H and O–H groups in total. The van der Waals surface area contributed by atoms with E-state index in [2.05, 4.69) is 109 Å². The molecule has 2 heteroatoms. The van der Waals surface area contributed by atoms with Crippen molar-refractivity contribution >= 4 is 66.7 Å². The number of para-hydroxylation sites is 2. The number of furan rings is 1. The normalized spacial score (nSPS) is 11.8. The molecule has 2 heterocycles. The van der Waals surface area contributed by atoms with Gasteiger partial charge in [-0.2, -0.15) is 0 Å². The maximum Gasteiger partial charge on any atom is 0.136 e. The fourth-order valence-electron chi connectivity index (χ4n) is 5.28. The Labute approximate surface area is 196 Å². The molecule has 7 aromatic rings. The minimum Gasteiger partial charge on any atom is -0.456 e. The summed E-state index contributed by atoms with van der Waals surface area (Å²) >= 11 is 0.